The molecule has 0 unspecified atom stereocenters. The number of ether oxygens (including phenoxy) is 1. The monoisotopic (exact) mass is 243 g/mol. The molecule has 0 atom stereocenters. The normalized spacial score (nSPS) is 11.2. The first-order valence-electron chi connectivity index (χ1n) is 5.81. The minimum absolute atomic E-state index is 0.294. The van der Waals surface area contributed by atoms with Crippen LogP contribution >= 0.6 is 0 Å². The Morgan fingerprint density at radius 2 is 2.28 bits per heavy atom. The lowest BCUT2D eigenvalue weighted by atomic mass is 10.1. The van der Waals surface area contributed by atoms with Crippen molar-refractivity contribution in [3.05, 3.63) is 30.0 Å². The van der Waals surface area contributed by atoms with Gasteiger partial charge in [0.2, 0.25) is 0 Å². The molecule has 0 amide bonds. The number of hydrogen-bond donors (Lipinski definition) is 1. The van der Waals surface area contributed by atoms with Crippen LogP contribution in [-0.2, 0) is 11.8 Å². The summed E-state index contributed by atoms with van der Waals surface area (Å²) in [7, 11) is 1.87. The van der Waals surface area contributed by atoms with E-state index in [4.69, 9.17) is 4.74 Å². The quantitative estimate of drug-likeness (QED) is 0.702. The Morgan fingerprint density at radius 1 is 1.44 bits per heavy atom. The van der Waals surface area contributed by atoms with E-state index < -0.39 is 0 Å². The Bertz CT molecular complexity index is 739. The van der Waals surface area contributed by atoms with E-state index in [1.54, 1.807) is 17.7 Å². The minimum Gasteiger partial charge on any atom is -0.462 e. The van der Waals surface area contributed by atoms with Gasteiger partial charge >= 0.3 is 5.97 Å². The van der Waals surface area contributed by atoms with Crippen molar-refractivity contribution in [2.24, 2.45) is 7.05 Å². The van der Waals surface area contributed by atoms with Crippen LogP contribution in [0.1, 0.15) is 17.3 Å². The van der Waals surface area contributed by atoms with Crippen LogP contribution in [0, 0.1) is 0 Å². The Hall–Kier alpha value is -2.30. The smallest absolute Gasteiger partial charge is 0.338 e. The summed E-state index contributed by atoms with van der Waals surface area (Å²) in [5.74, 6) is -0.294. The van der Waals surface area contributed by atoms with Crippen molar-refractivity contribution in [1.29, 1.82) is 0 Å². The van der Waals surface area contributed by atoms with E-state index in [0.29, 0.717) is 12.2 Å². The van der Waals surface area contributed by atoms with Crippen LogP contribution in [-0.4, -0.2) is 27.3 Å². The van der Waals surface area contributed by atoms with Crippen LogP contribution in [0.5, 0.6) is 0 Å². The third-order valence-electron chi connectivity index (χ3n) is 2.90. The summed E-state index contributed by atoms with van der Waals surface area (Å²) < 4.78 is 6.75. The van der Waals surface area contributed by atoms with Gasteiger partial charge in [0.1, 0.15) is 0 Å². The predicted octanol–water partition coefficient (Wildman–Crippen LogP) is 2.23. The summed E-state index contributed by atoms with van der Waals surface area (Å²) in [5.41, 5.74) is 2.36. The van der Waals surface area contributed by atoms with E-state index in [1.165, 1.54) is 0 Å². The molecule has 1 aromatic carbocycles. The molecule has 0 fully saturated rings. The molecule has 0 spiro atoms. The summed E-state index contributed by atoms with van der Waals surface area (Å²) in [4.78, 5) is 14.9. The van der Waals surface area contributed by atoms with Crippen molar-refractivity contribution >= 4 is 27.9 Å². The number of aromatic nitrogens is 3. The predicted molar refractivity (Wildman–Crippen MR) is 68.5 cm³/mol. The molecular weight excluding hydrogens is 230 g/mol. The fourth-order valence-electron chi connectivity index (χ4n) is 2.12. The van der Waals surface area contributed by atoms with Gasteiger partial charge in [0.05, 0.1) is 12.2 Å². The molecule has 0 saturated heterocycles. The average Bonchev–Trinajstić information content (AvgIpc) is 2.84. The topological polar surface area (TPSA) is 59.9 Å². The van der Waals surface area contributed by atoms with Gasteiger partial charge in [-0.15, -0.1) is 0 Å². The standard InChI is InChI=1S/C13H13N3O2/c1-3-18-13(17)8-4-5-11-9(6-8)10-7-16(2)15-12(10)14-11/h4-7H,3H2,1-2H3,(H,14,15). The molecule has 2 aromatic heterocycles. The van der Waals surface area contributed by atoms with Crippen molar-refractivity contribution in [1.82, 2.24) is 14.8 Å². The first-order valence-corrected chi connectivity index (χ1v) is 5.81. The number of H-pyrrole nitrogens is 1. The summed E-state index contributed by atoms with van der Waals surface area (Å²) in [6.07, 6.45) is 1.93. The lowest BCUT2D eigenvalue weighted by Gasteiger charge is -2.01. The number of carbonyl (C=O) groups excluding carboxylic acids is 1. The van der Waals surface area contributed by atoms with Crippen LogP contribution in [0.3, 0.4) is 0 Å². The maximum Gasteiger partial charge on any atom is 0.338 e. The van der Waals surface area contributed by atoms with E-state index in [0.717, 1.165) is 21.9 Å². The number of benzene rings is 1. The van der Waals surface area contributed by atoms with Crippen LogP contribution in [0.15, 0.2) is 24.4 Å². The third kappa shape index (κ3) is 1.55. The number of nitrogens with one attached hydrogen (secondary N) is 1. The van der Waals surface area contributed by atoms with E-state index in [2.05, 4.69) is 10.1 Å². The second kappa shape index (κ2) is 3.87. The van der Waals surface area contributed by atoms with Crippen molar-refractivity contribution in [3.63, 3.8) is 0 Å². The Morgan fingerprint density at radius 3 is 3.06 bits per heavy atom. The van der Waals surface area contributed by atoms with Crippen molar-refractivity contribution in [2.75, 3.05) is 6.61 Å². The zero-order valence-electron chi connectivity index (χ0n) is 10.2. The molecule has 3 rings (SSSR count). The van der Waals surface area contributed by atoms with Crippen molar-refractivity contribution in [2.45, 2.75) is 6.92 Å². The number of esters is 1. The maximum absolute atomic E-state index is 11.7. The van der Waals surface area contributed by atoms with Crippen molar-refractivity contribution < 1.29 is 9.53 Å². The highest BCUT2D eigenvalue weighted by molar-refractivity contribution is 6.08. The van der Waals surface area contributed by atoms with Gasteiger partial charge in [-0.05, 0) is 25.1 Å². The van der Waals surface area contributed by atoms with Gasteiger partial charge in [-0.25, -0.2) is 4.79 Å². The molecular formula is C13H13N3O2. The highest BCUT2D eigenvalue weighted by Crippen LogP contribution is 2.25. The largest absolute Gasteiger partial charge is 0.462 e. The third-order valence-corrected chi connectivity index (χ3v) is 2.90. The Kier molecular flexibility index (Phi) is 2.33. The highest BCUT2D eigenvalue weighted by atomic mass is 16.5. The van der Waals surface area contributed by atoms with Gasteiger partial charge in [0.15, 0.2) is 5.65 Å². The van der Waals surface area contributed by atoms with Gasteiger partial charge in [-0.3, -0.25) is 4.68 Å². The van der Waals surface area contributed by atoms with Crippen LogP contribution in [0.2, 0.25) is 0 Å². The number of aryl methyl sites for hydroxylation is 1. The van der Waals surface area contributed by atoms with E-state index in [-0.39, 0.29) is 5.97 Å². The van der Waals surface area contributed by atoms with Gasteiger partial charge in [-0.1, -0.05) is 0 Å². The first-order chi connectivity index (χ1) is 8.69. The molecule has 0 bridgehead atoms. The first kappa shape index (κ1) is 10.8. The molecule has 18 heavy (non-hydrogen) atoms. The number of nitrogens with zero attached hydrogens (tertiary/aromatic N) is 2. The second-order valence-corrected chi connectivity index (χ2v) is 4.17. The lowest BCUT2D eigenvalue weighted by Crippen LogP contribution is -2.03. The van der Waals surface area contributed by atoms with E-state index in [9.17, 15) is 4.79 Å². The summed E-state index contributed by atoms with van der Waals surface area (Å²) >= 11 is 0. The Labute approximate surface area is 103 Å². The highest BCUT2D eigenvalue weighted by Gasteiger charge is 2.11. The SMILES string of the molecule is CCOC(=O)c1ccc2[nH]c3nn(C)cc3c2c1. The second-order valence-electron chi connectivity index (χ2n) is 4.17. The fourth-order valence-corrected chi connectivity index (χ4v) is 2.12. The molecule has 0 aliphatic carbocycles. The zero-order chi connectivity index (χ0) is 12.7. The van der Waals surface area contributed by atoms with Gasteiger partial charge in [0.25, 0.3) is 0 Å². The summed E-state index contributed by atoms with van der Waals surface area (Å²) in [6, 6.07) is 5.48. The van der Waals surface area contributed by atoms with Gasteiger partial charge in [-0.2, -0.15) is 5.10 Å². The van der Waals surface area contributed by atoms with Crippen molar-refractivity contribution in [3.8, 4) is 0 Å². The molecule has 0 saturated carbocycles. The lowest BCUT2D eigenvalue weighted by molar-refractivity contribution is 0.0526. The number of hydrogen-bond acceptors (Lipinski definition) is 3. The molecule has 0 aliphatic heterocycles. The fraction of sp³-hybridized carbons (Fsp3) is 0.231. The Balaban J connectivity index is 2.19. The van der Waals surface area contributed by atoms with Crippen LogP contribution in [0.4, 0.5) is 0 Å². The minimum atomic E-state index is -0.294. The van der Waals surface area contributed by atoms with E-state index >= 15 is 0 Å². The molecule has 2 heterocycles. The number of aromatic amines is 1. The molecule has 5 heteroatoms. The van der Waals surface area contributed by atoms with Crippen LogP contribution in [0.25, 0.3) is 21.9 Å². The van der Waals surface area contributed by atoms with Gasteiger partial charge < -0.3 is 9.72 Å². The molecule has 5 nitrogen and oxygen atoms in total. The average molecular weight is 243 g/mol. The number of carbonyl (C=O) groups is 1. The van der Waals surface area contributed by atoms with Crippen LogP contribution < -0.4 is 0 Å². The number of rotatable bonds is 2. The summed E-state index contributed by atoms with van der Waals surface area (Å²) in [6.45, 7) is 2.18. The van der Waals surface area contributed by atoms with Gasteiger partial charge in [0, 0.05) is 29.5 Å². The van der Waals surface area contributed by atoms with E-state index in [1.807, 2.05) is 25.4 Å². The number of fused-ring (bicyclic) bond motifs is 3. The molecule has 0 aliphatic rings. The maximum atomic E-state index is 11.7. The molecule has 3 aromatic rings. The zero-order valence-corrected chi connectivity index (χ0v) is 10.2. The molecule has 1 N–H and O–H groups in total. The molecule has 0 radical (unpaired) electrons. The molecule has 92 valence electrons. The summed E-state index contributed by atoms with van der Waals surface area (Å²) in [5, 5.41) is 6.31.